The minimum Gasteiger partial charge on any atom is -0.395 e. The number of aliphatic hydroxyl groups is 2. The maximum Gasteiger partial charge on any atom is 0.246 e. The summed E-state index contributed by atoms with van der Waals surface area (Å²) in [4.78, 5) is 0.0180. The van der Waals surface area contributed by atoms with E-state index in [4.69, 9.17) is 10.2 Å². The fraction of sp³-hybridized carbons (Fsp3) is 0.571. The van der Waals surface area contributed by atoms with Crippen molar-refractivity contribution in [2.24, 2.45) is 0 Å². The molecule has 7 nitrogen and oxygen atoms in total. The van der Waals surface area contributed by atoms with Gasteiger partial charge in [-0.2, -0.15) is 9.40 Å². The van der Waals surface area contributed by atoms with Crippen molar-refractivity contribution in [3.63, 3.8) is 0 Å². The van der Waals surface area contributed by atoms with Crippen LogP contribution in [0.25, 0.3) is 0 Å². The van der Waals surface area contributed by atoms with Crippen LogP contribution in [0.15, 0.2) is 17.3 Å². The van der Waals surface area contributed by atoms with Gasteiger partial charge in [0.15, 0.2) is 0 Å². The third-order valence-corrected chi connectivity index (χ3v) is 3.67. The van der Waals surface area contributed by atoms with Crippen LogP contribution in [-0.4, -0.2) is 59.4 Å². The highest BCUT2D eigenvalue weighted by molar-refractivity contribution is 7.89. The molecule has 0 bridgehead atoms. The number of nitrogens with one attached hydrogen (secondary N) is 1. The standard InChI is InChI=1S/C7H13N3O4S/c11-3-1-10(2-4-12)15(13,14)7-5-8-9-6-7/h5-6,11-12H,1-4H2,(H,8,9). The Kier molecular flexibility index (Phi) is 4.21. The zero-order valence-electron chi connectivity index (χ0n) is 8.00. The second-order valence-electron chi connectivity index (χ2n) is 2.79. The number of aromatic amines is 1. The number of sulfonamides is 1. The Bertz CT molecular complexity index is 369. The van der Waals surface area contributed by atoms with E-state index in [2.05, 4.69) is 10.2 Å². The lowest BCUT2D eigenvalue weighted by molar-refractivity contribution is 0.217. The van der Waals surface area contributed by atoms with Crippen molar-refractivity contribution in [1.29, 1.82) is 0 Å². The largest absolute Gasteiger partial charge is 0.395 e. The van der Waals surface area contributed by atoms with E-state index in [1.165, 1.54) is 12.4 Å². The lowest BCUT2D eigenvalue weighted by atomic mass is 10.6. The van der Waals surface area contributed by atoms with Gasteiger partial charge in [-0.3, -0.25) is 5.10 Å². The van der Waals surface area contributed by atoms with Gasteiger partial charge in [0.1, 0.15) is 4.90 Å². The Morgan fingerprint density at radius 3 is 2.33 bits per heavy atom. The summed E-state index contributed by atoms with van der Waals surface area (Å²) >= 11 is 0. The summed E-state index contributed by atoms with van der Waals surface area (Å²) in [5, 5.41) is 23.4. The quantitative estimate of drug-likeness (QED) is 0.549. The number of aliphatic hydroxyl groups excluding tert-OH is 2. The summed E-state index contributed by atoms with van der Waals surface area (Å²) in [5.74, 6) is 0. The van der Waals surface area contributed by atoms with E-state index in [9.17, 15) is 8.42 Å². The highest BCUT2D eigenvalue weighted by Crippen LogP contribution is 2.12. The molecule has 86 valence electrons. The van der Waals surface area contributed by atoms with E-state index < -0.39 is 10.0 Å². The minimum atomic E-state index is -3.66. The van der Waals surface area contributed by atoms with Gasteiger partial charge < -0.3 is 10.2 Å². The molecule has 0 saturated carbocycles. The molecular weight excluding hydrogens is 222 g/mol. The zero-order valence-corrected chi connectivity index (χ0v) is 8.81. The molecule has 1 heterocycles. The predicted molar refractivity (Wildman–Crippen MR) is 51.5 cm³/mol. The first kappa shape index (κ1) is 12.1. The van der Waals surface area contributed by atoms with Gasteiger partial charge >= 0.3 is 0 Å². The molecule has 0 aliphatic carbocycles. The molecule has 0 aliphatic rings. The van der Waals surface area contributed by atoms with Gasteiger partial charge in [0.25, 0.3) is 0 Å². The minimum absolute atomic E-state index is 0.0180. The third kappa shape index (κ3) is 2.75. The Hall–Kier alpha value is -0.960. The number of nitrogens with zero attached hydrogens (tertiary/aromatic N) is 2. The van der Waals surface area contributed by atoms with Crippen LogP contribution in [0.5, 0.6) is 0 Å². The Morgan fingerprint density at radius 2 is 1.93 bits per heavy atom. The van der Waals surface area contributed by atoms with Crippen LogP contribution in [0.1, 0.15) is 0 Å². The topological polar surface area (TPSA) is 107 Å². The van der Waals surface area contributed by atoms with E-state index in [0.717, 1.165) is 4.31 Å². The summed E-state index contributed by atoms with van der Waals surface area (Å²) in [6.45, 7) is -0.684. The van der Waals surface area contributed by atoms with E-state index in [-0.39, 0.29) is 31.2 Å². The molecular formula is C7H13N3O4S. The van der Waals surface area contributed by atoms with Gasteiger partial charge in [0, 0.05) is 19.3 Å². The van der Waals surface area contributed by atoms with Gasteiger partial charge in [-0.15, -0.1) is 0 Å². The van der Waals surface area contributed by atoms with Crippen molar-refractivity contribution in [2.75, 3.05) is 26.3 Å². The van der Waals surface area contributed by atoms with Gasteiger partial charge in [0.2, 0.25) is 10.0 Å². The molecule has 1 rings (SSSR count). The maximum atomic E-state index is 11.8. The van der Waals surface area contributed by atoms with Crippen LogP contribution in [0.4, 0.5) is 0 Å². The van der Waals surface area contributed by atoms with Crippen LogP contribution in [0.3, 0.4) is 0 Å². The van der Waals surface area contributed by atoms with Crippen molar-refractivity contribution in [3.05, 3.63) is 12.4 Å². The number of hydrogen-bond acceptors (Lipinski definition) is 5. The summed E-state index contributed by atoms with van der Waals surface area (Å²) in [6, 6.07) is 0. The molecule has 0 spiro atoms. The average molecular weight is 235 g/mol. The van der Waals surface area contributed by atoms with Crippen LogP contribution in [-0.2, 0) is 10.0 Å². The van der Waals surface area contributed by atoms with E-state index >= 15 is 0 Å². The highest BCUT2D eigenvalue weighted by atomic mass is 32.2. The Balaban J connectivity index is 2.91. The van der Waals surface area contributed by atoms with Crippen molar-refractivity contribution < 1.29 is 18.6 Å². The number of aromatic nitrogens is 2. The van der Waals surface area contributed by atoms with Gasteiger partial charge in [-0.05, 0) is 0 Å². The van der Waals surface area contributed by atoms with Gasteiger partial charge in [0.05, 0.1) is 19.4 Å². The summed E-state index contributed by atoms with van der Waals surface area (Å²) in [6.07, 6.45) is 2.42. The SMILES string of the molecule is O=S(=O)(c1cn[nH]c1)N(CCO)CCO. The summed E-state index contributed by atoms with van der Waals surface area (Å²) < 4.78 is 24.6. The van der Waals surface area contributed by atoms with Crippen LogP contribution in [0.2, 0.25) is 0 Å². The molecule has 1 aromatic heterocycles. The van der Waals surface area contributed by atoms with E-state index in [1.54, 1.807) is 0 Å². The molecule has 3 N–H and O–H groups in total. The second kappa shape index (κ2) is 5.21. The van der Waals surface area contributed by atoms with E-state index in [1.807, 2.05) is 0 Å². The van der Waals surface area contributed by atoms with Crippen LogP contribution >= 0.6 is 0 Å². The molecule has 0 aliphatic heterocycles. The highest BCUT2D eigenvalue weighted by Gasteiger charge is 2.24. The maximum absolute atomic E-state index is 11.8. The van der Waals surface area contributed by atoms with Crippen LogP contribution < -0.4 is 0 Å². The molecule has 0 saturated heterocycles. The van der Waals surface area contributed by atoms with Crippen molar-refractivity contribution >= 4 is 10.0 Å². The fourth-order valence-corrected chi connectivity index (χ4v) is 2.43. The van der Waals surface area contributed by atoms with Gasteiger partial charge in [-0.1, -0.05) is 0 Å². The fourth-order valence-electron chi connectivity index (χ4n) is 1.10. The lowest BCUT2D eigenvalue weighted by Crippen LogP contribution is -2.35. The monoisotopic (exact) mass is 235 g/mol. The van der Waals surface area contributed by atoms with Crippen LogP contribution in [0, 0.1) is 0 Å². The molecule has 8 heteroatoms. The molecule has 0 fully saturated rings. The lowest BCUT2D eigenvalue weighted by Gasteiger charge is -2.18. The molecule has 0 amide bonds. The predicted octanol–water partition coefficient (Wildman–Crippen LogP) is -1.61. The first-order valence-electron chi connectivity index (χ1n) is 4.33. The molecule has 15 heavy (non-hydrogen) atoms. The molecule has 1 aromatic rings. The third-order valence-electron chi connectivity index (χ3n) is 1.81. The molecule has 0 radical (unpaired) electrons. The first-order valence-corrected chi connectivity index (χ1v) is 5.77. The normalized spacial score (nSPS) is 12.2. The number of hydrogen-bond donors (Lipinski definition) is 3. The average Bonchev–Trinajstić information content (AvgIpc) is 2.70. The smallest absolute Gasteiger partial charge is 0.246 e. The molecule has 0 aromatic carbocycles. The van der Waals surface area contributed by atoms with Crippen molar-refractivity contribution in [3.8, 4) is 0 Å². The Morgan fingerprint density at radius 1 is 1.33 bits per heavy atom. The summed E-state index contributed by atoms with van der Waals surface area (Å²) in [5.41, 5.74) is 0. The number of H-pyrrole nitrogens is 1. The van der Waals surface area contributed by atoms with Crippen molar-refractivity contribution in [1.82, 2.24) is 14.5 Å². The first-order chi connectivity index (χ1) is 7.12. The summed E-state index contributed by atoms with van der Waals surface area (Å²) in [7, 11) is -3.66. The van der Waals surface area contributed by atoms with Gasteiger partial charge in [-0.25, -0.2) is 8.42 Å². The number of rotatable bonds is 6. The van der Waals surface area contributed by atoms with E-state index in [0.29, 0.717) is 0 Å². The zero-order chi connectivity index (χ0) is 11.3. The van der Waals surface area contributed by atoms with Crippen molar-refractivity contribution in [2.45, 2.75) is 4.90 Å². The molecule has 0 unspecified atom stereocenters. The second-order valence-corrected chi connectivity index (χ2v) is 4.72. The molecule has 0 atom stereocenters. The Labute approximate surface area is 87.4 Å².